The number of methoxy groups -OCH3 is 1. The third-order valence-corrected chi connectivity index (χ3v) is 2.81. The SMILES string of the molecule is COc1c(Cl)cc(OC(C)C)c(N)c1Br. The summed E-state index contributed by atoms with van der Waals surface area (Å²) in [6.45, 7) is 3.84. The lowest BCUT2D eigenvalue weighted by Crippen LogP contribution is -2.08. The van der Waals surface area contributed by atoms with Crippen molar-refractivity contribution in [3.05, 3.63) is 15.6 Å². The Kier molecular flexibility index (Phi) is 4.11. The van der Waals surface area contributed by atoms with Crippen molar-refractivity contribution in [1.82, 2.24) is 0 Å². The first-order chi connectivity index (χ1) is 6.97. The van der Waals surface area contributed by atoms with Crippen LogP contribution in [0.5, 0.6) is 11.5 Å². The average Bonchev–Trinajstić information content (AvgIpc) is 2.14. The minimum absolute atomic E-state index is 0.0451. The molecule has 5 heteroatoms. The van der Waals surface area contributed by atoms with E-state index in [-0.39, 0.29) is 6.10 Å². The van der Waals surface area contributed by atoms with Crippen LogP contribution in [0.25, 0.3) is 0 Å². The van der Waals surface area contributed by atoms with Crippen molar-refractivity contribution in [3.63, 3.8) is 0 Å². The molecule has 0 bridgehead atoms. The number of hydrogen-bond donors (Lipinski definition) is 1. The van der Waals surface area contributed by atoms with Crippen LogP contribution in [0.3, 0.4) is 0 Å². The zero-order valence-corrected chi connectivity index (χ0v) is 11.1. The highest BCUT2D eigenvalue weighted by Gasteiger charge is 2.15. The fraction of sp³-hybridized carbons (Fsp3) is 0.400. The van der Waals surface area contributed by atoms with Crippen molar-refractivity contribution in [2.24, 2.45) is 0 Å². The molecule has 0 unspecified atom stereocenters. The minimum atomic E-state index is 0.0451. The maximum absolute atomic E-state index is 6.00. The normalized spacial score (nSPS) is 10.5. The number of hydrogen-bond acceptors (Lipinski definition) is 3. The van der Waals surface area contributed by atoms with Crippen molar-refractivity contribution >= 4 is 33.2 Å². The molecular weight excluding hydrogens is 281 g/mol. The second kappa shape index (κ2) is 4.94. The van der Waals surface area contributed by atoms with Gasteiger partial charge in [-0.1, -0.05) is 11.6 Å². The van der Waals surface area contributed by atoms with Gasteiger partial charge in [-0.05, 0) is 29.8 Å². The lowest BCUT2D eigenvalue weighted by Gasteiger charge is -2.15. The van der Waals surface area contributed by atoms with Crippen LogP contribution in [0.15, 0.2) is 10.5 Å². The van der Waals surface area contributed by atoms with Gasteiger partial charge in [0, 0.05) is 6.07 Å². The highest BCUT2D eigenvalue weighted by atomic mass is 79.9. The lowest BCUT2D eigenvalue weighted by atomic mass is 10.2. The molecule has 1 aromatic carbocycles. The summed E-state index contributed by atoms with van der Waals surface area (Å²) in [5.74, 6) is 1.08. The zero-order valence-electron chi connectivity index (χ0n) is 8.80. The van der Waals surface area contributed by atoms with Crippen molar-refractivity contribution in [3.8, 4) is 11.5 Å². The molecule has 1 aromatic rings. The molecule has 0 aliphatic heterocycles. The minimum Gasteiger partial charge on any atom is -0.494 e. The van der Waals surface area contributed by atoms with Crippen molar-refractivity contribution < 1.29 is 9.47 Å². The van der Waals surface area contributed by atoms with E-state index in [0.717, 1.165) is 0 Å². The Bertz CT molecular complexity index is 369. The van der Waals surface area contributed by atoms with Crippen LogP contribution in [0.1, 0.15) is 13.8 Å². The highest BCUT2D eigenvalue weighted by Crippen LogP contribution is 2.43. The first-order valence-electron chi connectivity index (χ1n) is 4.45. The van der Waals surface area contributed by atoms with Gasteiger partial charge in [0.2, 0.25) is 0 Å². The Labute approximate surface area is 103 Å². The Morgan fingerprint density at radius 1 is 1.47 bits per heavy atom. The summed E-state index contributed by atoms with van der Waals surface area (Å²) in [7, 11) is 1.54. The lowest BCUT2D eigenvalue weighted by molar-refractivity contribution is 0.243. The molecule has 2 N–H and O–H groups in total. The number of halogens is 2. The maximum atomic E-state index is 6.00. The van der Waals surface area contributed by atoms with Crippen LogP contribution < -0.4 is 15.2 Å². The van der Waals surface area contributed by atoms with Gasteiger partial charge in [-0.15, -0.1) is 0 Å². The van der Waals surface area contributed by atoms with Gasteiger partial charge in [-0.2, -0.15) is 0 Å². The molecule has 0 saturated carbocycles. The molecular formula is C10H13BrClNO2. The molecule has 0 fully saturated rings. The van der Waals surface area contributed by atoms with Gasteiger partial charge in [0.1, 0.15) is 5.75 Å². The van der Waals surface area contributed by atoms with Crippen LogP contribution in [-0.4, -0.2) is 13.2 Å². The summed E-state index contributed by atoms with van der Waals surface area (Å²) in [6.07, 6.45) is 0.0451. The summed E-state index contributed by atoms with van der Waals surface area (Å²) in [5, 5.41) is 0.467. The molecule has 0 aliphatic carbocycles. The summed E-state index contributed by atoms with van der Waals surface area (Å²) in [4.78, 5) is 0. The average molecular weight is 295 g/mol. The van der Waals surface area contributed by atoms with E-state index in [9.17, 15) is 0 Å². The number of rotatable bonds is 3. The van der Waals surface area contributed by atoms with E-state index >= 15 is 0 Å². The zero-order chi connectivity index (χ0) is 11.6. The largest absolute Gasteiger partial charge is 0.494 e. The van der Waals surface area contributed by atoms with Crippen LogP contribution in [-0.2, 0) is 0 Å². The van der Waals surface area contributed by atoms with E-state index in [2.05, 4.69) is 15.9 Å². The second-order valence-electron chi connectivity index (χ2n) is 3.28. The van der Waals surface area contributed by atoms with E-state index in [4.69, 9.17) is 26.8 Å². The van der Waals surface area contributed by atoms with Gasteiger partial charge < -0.3 is 15.2 Å². The van der Waals surface area contributed by atoms with E-state index in [1.54, 1.807) is 6.07 Å². The molecule has 15 heavy (non-hydrogen) atoms. The number of nitrogen functional groups attached to an aromatic ring is 1. The predicted molar refractivity (Wildman–Crippen MR) is 65.9 cm³/mol. The number of benzene rings is 1. The Morgan fingerprint density at radius 2 is 2.07 bits per heavy atom. The monoisotopic (exact) mass is 293 g/mol. The van der Waals surface area contributed by atoms with Gasteiger partial charge in [0.05, 0.1) is 28.4 Å². The summed E-state index contributed by atoms with van der Waals surface area (Å²) < 4.78 is 11.2. The van der Waals surface area contributed by atoms with Gasteiger partial charge in [-0.25, -0.2) is 0 Å². The molecule has 0 radical (unpaired) electrons. The Balaban J connectivity index is 3.21. The molecule has 0 aromatic heterocycles. The first-order valence-corrected chi connectivity index (χ1v) is 5.62. The van der Waals surface area contributed by atoms with E-state index in [1.807, 2.05) is 13.8 Å². The molecule has 0 heterocycles. The van der Waals surface area contributed by atoms with E-state index < -0.39 is 0 Å². The number of anilines is 1. The maximum Gasteiger partial charge on any atom is 0.153 e. The molecule has 0 saturated heterocycles. The van der Waals surface area contributed by atoms with Gasteiger partial charge in [-0.3, -0.25) is 0 Å². The third-order valence-electron chi connectivity index (χ3n) is 1.74. The standard InChI is InChI=1S/C10H13BrClNO2/c1-5(2)15-7-4-6(12)10(14-3)8(11)9(7)13/h4-5H,13H2,1-3H3. The fourth-order valence-corrected chi connectivity index (χ4v) is 2.09. The van der Waals surface area contributed by atoms with E-state index in [1.165, 1.54) is 7.11 Å². The van der Waals surface area contributed by atoms with Crippen LogP contribution in [0, 0.1) is 0 Å². The fourth-order valence-electron chi connectivity index (χ4n) is 1.13. The summed E-state index contributed by atoms with van der Waals surface area (Å²) >= 11 is 9.32. The highest BCUT2D eigenvalue weighted by molar-refractivity contribution is 9.10. The predicted octanol–water partition coefficient (Wildman–Crippen LogP) is 3.48. The molecule has 84 valence electrons. The number of ether oxygens (including phenoxy) is 2. The van der Waals surface area contributed by atoms with Crippen LogP contribution >= 0.6 is 27.5 Å². The molecule has 0 aliphatic rings. The smallest absolute Gasteiger partial charge is 0.153 e. The first kappa shape index (κ1) is 12.5. The Hall–Kier alpha value is -0.610. The number of nitrogens with two attached hydrogens (primary N) is 1. The topological polar surface area (TPSA) is 44.5 Å². The molecule has 0 amide bonds. The van der Waals surface area contributed by atoms with Gasteiger partial charge in [0.15, 0.2) is 5.75 Å². The molecule has 0 atom stereocenters. The van der Waals surface area contributed by atoms with Crippen molar-refractivity contribution in [2.45, 2.75) is 20.0 Å². The van der Waals surface area contributed by atoms with Crippen LogP contribution in [0.4, 0.5) is 5.69 Å². The van der Waals surface area contributed by atoms with Gasteiger partial charge >= 0.3 is 0 Å². The van der Waals surface area contributed by atoms with Crippen molar-refractivity contribution in [2.75, 3.05) is 12.8 Å². The summed E-state index contributed by atoms with van der Waals surface area (Å²) in [6, 6.07) is 1.65. The van der Waals surface area contributed by atoms with Gasteiger partial charge in [0.25, 0.3) is 0 Å². The summed E-state index contributed by atoms with van der Waals surface area (Å²) in [5.41, 5.74) is 6.36. The van der Waals surface area contributed by atoms with E-state index in [0.29, 0.717) is 26.7 Å². The van der Waals surface area contributed by atoms with Crippen molar-refractivity contribution in [1.29, 1.82) is 0 Å². The quantitative estimate of drug-likeness (QED) is 0.868. The Morgan fingerprint density at radius 3 is 2.53 bits per heavy atom. The second-order valence-corrected chi connectivity index (χ2v) is 4.48. The molecule has 1 rings (SSSR count). The molecule has 3 nitrogen and oxygen atoms in total. The molecule has 0 spiro atoms. The third kappa shape index (κ3) is 2.69. The van der Waals surface area contributed by atoms with Crippen LogP contribution in [0.2, 0.25) is 5.02 Å².